The Morgan fingerprint density at radius 1 is 0.927 bits per heavy atom. The summed E-state index contributed by atoms with van der Waals surface area (Å²) in [5.74, 6) is -0.559. The topological polar surface area (TPSA) is 86.8 Å². The maximum absolute atomic E-state index is 14.1. The van der Waals surface area contributed by atoms with E-state index in [-0.39, 0.29) is 23.3 Å². The molecule has 220 valence electrons. The predicted molar refractivity (Wildman–Crippen MR) is 168 cm³/mol. The molecule has 3 aromatic rings. The molecule has 0 aliphatic rings. The Hall–Kier alpha value is -3.17. The number of hydrogen-bond donors (Lipinski definition) is 1. The third-order valence-corrected chi connectivity index (χ3v) is 8.92. The van der Waals surface area contributed by atoms with Crippen LogP contribution in [0, 0.1) is 6.92 Å². The molecule has 0 aliphatic heterocycles. The average molecular weight is 643 g/mol. The molecule has 0 bridgehead atoms. The zero-order chi connectivity index (χ0) is 30.5. The molecule has 3 aromatic carbocycles. The molecule has 7 nitrogen and oxygen atoms in total. The molecule has 1 N–H and O–H groups in total. The lowest BCUT2D eigenvalue weighted by Gasteiger charge is -2.33. The van der Waals surface area contributed by atoms with Gasteiger partial charge in [-0.1, -0.05) is 71.7 Å². The monoisotopic (exact) mass is 641 g/mol. The van der Waals surface area contributed by atoms with Crippen molar-refractivity contribution in [2.45, 2.75) is 77.4 Å². The quantitative estimate of drug-likeness (QED) is 0.277. The van der Waals surface area contributed by atoms with Gasteiger partial charge in [0.2, 0.25) is 11.8 Å². The lowest BCUT2D eigenvalue weighted by atomic mass is 10.0. The highest BCUT2D eigenvalue weighted by molar-refractivity contribution is 9.10. The van der Waals surface area contributed by atoms with Crippen molar-refractivity contribution < 1.29 is 18.0 Å². The number of carbonyl (C=O) groups is 2. The highest BCUT2D eigenvalue weighted by Crippen LogP contribution is 2.27. The van der Waals surface area contributed by atoms with Crippen molar-refractivity contribution in [3.05, 3.63) is 94.0 Å². The van der Waals surface area contributed by atoms with Crippen molar-refractivity contribution in [3.63, 3.8) is 0 Å². The molecular formula is C32H40BrN3O4S. The molecule has 0 spiro atoms. The zero-order valence-corrected chi connectivity index (χ0v) is 27.2. The Balaban J connectivity index is 2.06. The SMILES string of the molecule is Cc1ccc(S(=O)(=O)N(CC(=O)N(Cc2cccc(Br)c2)[C@@H](C)C(=O)NC(C)(C)C)c2ccc(C(C)C)cc2)cc1. The van der Waals surface area contributed by atoms with Crippen LogP contribution >= 0.6 is 15.9 Å². The summed E-state index contributed by atoms with van der Waals surface area (Å²) in [5.41, 5.74) is 2.65. The molecular weight excluding hydrogens is 602 g/mol. The van der Waals surface area contributed by atoms with Crippen LogP contribution in [0.25, 0.3) is 0 Å². The summed E-state index contributed by atoms with van der Waals surface area (Å²) in [4.78, 5) is 28.8. The van der Waals surface area contributed by atoms with Gasteiger partial charge in [-0.2, -0.15) is 0 Å². The number of nitrogens with zero attached hydrogens (tertiary/aromatic N) is 2. The van der Waals surface area contributed by atoms with E-state index in [0.717, 1.165) is 25.5 Å². The minimum atomic E-state index is -4.11. The minimum Gasteiger partial charge on any atom is -0.350 e. The molecule has 1 atom stereocenters. The van der Waals surface area contributed by atoms with Crippen LogP contribution in [0.5, 0.6) is 0 Å². The first kappa shape index (κ1) is 32.3. The molecule has 0 unspecified atom stereocenters. The number of benzene rings is 3. The molecule has 0 aromatic heterocycles. The molecule has 2 amide bonds. The molecule has 9 heteroatoms. The van der Waals surface area contributed by atoms with E-state index in [2.05, 4.69) is 35.1 Å². The largest absolute Gasteiger partial charge is 0.350 e. The molecule has 0 saturated carbocycles. The predicted octanol–water partition coefficient (Wildman–Crippen LogP) is 6.41. The van der Waals surface area contributed by atoms with Gasteiger partial charge in [0, 0.05) is 16.6 Å². The summed E-state index contributed by atoms with van der Waals surface area (Å²) in [6, 6.07) is 20.4. The first-order valence-electron chi connectivity index (χ1n) is 13.6. The van der Waals surface area contributed by atoms with Crippen LogP contribution in [-0.2, 0) is 26.2 Å². The maximum Gasteiger partial charge on any atom is 0.264 e. The highest BCUT2D eigenvalue weighted by atomic mass is 79.9. The fraction of sp³-hybridized carbons (Fsp3) is 0.375. The summed E-state index contributed by atoms with van der Waals surface area (Å²) >= 11 is 3.47. The van der Waals surface area contributed by atoms with Crippen molar-refractivity contribution in [3.8, 4) is 0 Å². The number of sulfonamides is 1. The Morgan fingerprint density at radius 3 is 2.07 bits per heavy atom. The third-order valence-electron chi connectivity index (χ3n) is 6.64. The van der Waals surface area contributed by atoms with E-state index in [4.69, 9.17) is 0 Å². The zero-order valence-electron chi connectivity index (χ0n) is 24.8. The Bertz CT molecular complexity index is 1460. The fourth-order valence-corrected chi connectivity index (χ4v) is 6.14. The van der Waals surface area contributed by atoms with Gasteiger partial charge in [-0.05, 0) is 88.1 Å². The van der Waals surface area contributed by atoms with E-state index in [1.165, 1.54) is 4.90 Å². The first-order chi connectivity index (χ1) is 19.1. The van der Waals surface area contributed by atoms with Gasteiger partial charge in [0.15, 0.2) is 0 Å². The summed E-state index contributed by atoms with van der Waals surface area (Å²) in [5, 5.41) is 2.94. The Labute approximate surface area is 253 Å². The van der Waals surface area contributed by atoms with Crippen molar-refractivity contribution in [1.29, 1.82) is 0 Å². The lowest BCUT2D eigenvalue weighted by Crippen LogP contribution is -2.54. The molecule has 0 heterocycles. The van der Waals surface area contributed by atoms with Crippen molar-refractivity contribution in [2.24, 2.45) is 0 Å². The molecule has 0 fully saturated rings. The maximum atomic E-state index is 14.1. The van der Waals surface area contributed by atoms with E-state index in [1.54, 1.807) is 43.3 Å². The van der Waals surface area contributed by atoms with Gasteiger partial charge < -0.3 is 10.2 Å². The highest BCUT2D eigenvalue weighted by Gasteiger charge is 2.33. The van der Waals surface area contributed by atoms with Crippen molar-refractivity contribution in [1.82, 2.24) is 10.2 Å². The fourth-order valence-electron chi connectivity index (χ4n) is 4.28. The van der Waals surface area contributed by atoms with E-state index in [0.29, 0.717) is 5.69 Å². The molecule has 3 rings (SSSR count). The van der Waals surface area contributed by atoms with Crippen LogP contribution in [0.15, 0.2) is 82.2 Å². The number of anilines is 1. The molecule has 41 heavy (non-hydrogen) atoms. The molecule has 0 radical (unpaired) electrons. The number of aryl methyl sites for hydroxylation is 1. The van der Waals surface area contributed by atoms with Crippen LogP contribution in [0.2, 0.25) is 0 Å². The number of hydrogen-bond acceptors (Lipinski definition) is 4. The van der Waals surface area contributed by atoms with E-state index in [9.17, 15) is 18.0 Å². The first-order valence-corrected chi connectivity index (χ1v) is 15.9. The van der Waals surface area contributed by atoms with Gasteiger partial charge in [-0.15, -0.1) is 0 Å². The van der Waals surface area contributed by atoms with Crippen LogP contribution in [0.4, 0.5) is 5.69 Å². The van der Waals surface area contributed by atoms with Gasteiger partial charge >= 0.3 is 0 Å². The Kier molecular flexibility index (Phi) is 10.4. The van der Waals surface area contributed by atoms with Gasteiger partial charge in [0.25, 0.3) is 10.0 Å². The van der Waals surface area contributed by atoms with Crippen LogP contribution < -0.4 is 9.62 Å². The average Bonchev–Trinajstić information content (AvgIpc) is 2.89. The van der Waals surface area contributed by atoms with Gasteiger partial charge in [0.1, 0.15) is 12.6 Å². The number of nitrogens with one attached hydrogen (secondary N) is 1. The number of carbonyl (C=O) groups excluding carboxylic acids is 2. The number of amides is 2. The van der Waals surface area contributed by atoms with E-state index in [1.807, 2.05) is 64.1 Å². The van der Waals surface area contributed by atoms with E-state index < -0.39 is 34.1 Å². The molecule has 0 saturated heterocycles. The van der Waals surface area contributed by atoms with Crippen LogP contribution in [0.1, 0.15) is 64.2 Å². The Morgan fingerprint density at radius 2 is 1.54 bits per heavy atom. The normalized spacial score (nSPS) is 12.6. The smallest absolute Gasteiger partial charge is 0.264 e. The summed E-state index contributed by atoms with van der Waals surface area (Å²) in [6.45, 7) is 12.9. The summed E-state index contributed by atoms with van der Waals surface area (Å²) in [6.07, 6.45) is 0. The lowest BCUT2D eigenvalue weighted by molar-refractivity contribution is -0.140. The van der Waals surface area contributed by atoms with Crippen LogP contribution in [-0.4, -0.2) is 43.3 Å². The number of rotatable bonds is 10. The minimum absolute atomic E-state index is 0.0842. The van der Waals surface area contributed by atoms with Gasteiger partial charge in [0.05, 0.1) is 10.6 Å². The summed E-state index contributed by atoms with van der Waals surface area (Å²) in [7, 11) is -4.11. The van der Waals surface area contributed by atoms with Gasteiger partial charge in [-0.3, -0.25) is 13.9 Å². The molecule has 0 aliphatic carbocycles. The van der Waals surface area contributed by atoms with Crippen molar-refractivity contribution in [2.75, 3.05) is 10.8 Å². The second-order valence-electron chi connectivity index (χ2n) is 11.6. The second kappa shape index (κ2) is 13.2. The standard InChI is InChI=1S/C32H40BrN3O4S/c1-22(2)26-13-15-28(16-14-26)36(41(39,40)29-17-11-23(3)12-18-29)21-30(37)35(20-25-9-8-10-27(33)19-25)24(4)31(38)34-32(5,6)7/h8-19,22,24H,20-21H2,1-7H3,(H,34,38)/t24-/m0/s1. The van der Waals surface area contributed by atoms with Crippen LogP contribution in [0.3, 0.4) is 0 Å². The van der Waals surface area contributed by atoms with Crippen molar-refractivity contribution >= 4 is 43.5 Å². The summed E-state index contributed by atoms with van der Waals surface area (Å²) < 4.78 is 29.9. The number of halogens is 1. The van der Waals surface area contributed by atoms with Gasteiger partial charge in [-0.25, -0.2) is 8.42 Å². The second-order valence-corrected chi connectivity index (χ2v) is 14.4. The van der Waals surface area contributed by atoms with E-state index >= 15 is 0 Å². The third kappa shape index (κ3) is 8.66.